The number of amides is 1. The van der Waals surface area contributed by atoms with Gasteiger partial charge >= 0.3 is 0 Å². The number of fused-ring (bicyclic) bond motifs is 3. The van der Waals surface area contributed by atoms with E-state index in [1.54, 1.807) is 28.3 Å². The van der Waals surface area contributed by atoms with Crippen molar-refractivity contribution >= 4 is 11.7 Å². The zero-order chi connectivity index (χ0) is 22.4. The van der Waals surface area contributed by atoms with Crippen molar-refractivity contribution < 1.29 is 9.53 Å². The molecule has 1 atom stereocenters. The number of nitrogens with zero attached hydrogens (tertiary/aromatic N) is 9. The van der Waals surface area contributed by atoms with Crippen LogP contribution in [0.4, 0.5) is 5.82 Å². The second-order valence-electron chi connectivity index (χ2n) is 8.78. The van der Waals surface area contributed by atoms with Gasteiger partial charge in [0.15, 0.2) is 11.6 Å². The van der Waals surface area contributed by atoms with E-state index in [-0.39, 0.29) is 11.9 Å². The summed E-state index contributed by atoms with van der Waals surface area (Å²) < 4.78 is 9.07. The van der Waals surface area contributed by atoms with E-state index in [9.17, 15) is 4.79 Å². The fourth-order valence-corrected chi connectivity index (χ4v) is 5.23. The number of ether oxygens (including phenoxy) is 1. The van der Waals surface area contributed by atoms with Crippen LogP contribution in [0.1, 0.15) is 61.4 Å². The number of aromatic nitrogens is 7. The summed E-state index contributed by atoms with van der Waals surface area (Å²) >= 11 is 0. The van der Waals surface area contributed by atoms with E-state index < -0.39 is 0 Å². The lowest BCUT2D eigenvalue weighted by atomic mass is 10.0. The largest absolute Gasteiger partial charge is 0.378 e. The number of imidazole rings is 1. The molecule has 0 N–H and O–H groups in total. The van der Waals surface area contributed by atoms with Crippen LogP contribution in [0.25, 0.3) is 11.6 Å². The van der Waals surface area contributed by atoms with Gasteiger partial charge in [-0.15, -0.1) is 10.2 Å². The van der Waals surface area contributed by atoms with Crippen molar-refractivity contribution in [3.8, 4) is 11.6 Å². The molecule has 0 radical (unpaired) electrons. The minimum Gasteiger partial charge on any atom is -0.378 e. The predicted molar refractivity (Wildman–Crippen MR) is 119 cm³/mol. The first-order valence-electron chi connectivity index (χ1n) is 11.7. The quantitative estimate of drug-likeness (QED) is 0.595. The molecule has 2 fully saturated rings. The van der Waals surface area contributed by atoms with Gasteiger partial charge in [-0.05, 0) is 19.3 Å². The zero-order valence-corrected chi connectivity index (χ0v) is 18.7. The minimum absolute atomic E-state index is 0.0947. The molecule has 0 unspecified atom stereocenters. The Morgan fingerprint density at radius 1 is 1.15 bits per heavy atom. The highest BCUT2D eigenvalue weighted by Crippen LogP contribution is 2.42. The minimum atomic E-state index is -0.0947. The van der Waals surface area contributed by atoms with Crippen molar-refractivity contribution in [3.05, 3.63) is 36.6 Å². The van der Waals surface area contributed by atoms with Crippen LogP contribution < -0.4 is 4.90 Å². The molecule has 1 saturated carbocycles. The Morgan fingerprint density at radius 2 is 1.97 bits per heavy atom. The molecule has 11 heteroatoms. The van der Waals surface area contributed by atoms with Crippen LogP contribution in [0.3, 0.4) is 0 Å². The van der Waals surface area contributed by atoms with Gasteiger partial charge in [-0.3, -0.25) is 13.9 Å². The normalized spacial score (nSPS) is 20.7. The summed E-state index contributed by atoms with van der Waals surface area (Å²) in [4.78, 5) is 31.0. The third-order valence-corrected chi connectivity index (χ3v) is 6.89. The van der Waals surface area contributed by atoms with Crippen LogP contribution in [0.15, 0.2) is 25.0 Å². The number of morpholine rings is 1. The summed E-state index contributed by atoms with van der Waals surface area (Å²) in [6.45, 7) is 4.45. The fraction of sp³-hybridized carbons (Fsp3) is 0.545. The number of hydrogen-bond acceptors (Lipinski definition) is 8. The monoisotopic (exact) mass is 449 g/mol. The van der Waals surface area contributed by atoms with Crippen molar-refractivity contribution in [2.24, 2.45) is 0 Å². The Morgan fingerprint density at radius 3 is 2.76 bits per heavy atom. The van der Waals surface area contributed by atoms with Crippen molar-refractivity contribution in [2.45, 2.75) is 51.1 Å². The zero-order valence-electron chi connectivity index (χ0n) is 18.7. The van der Waals surface area contributed by atoms with E-state index in [1.165, 1.54) is 12.8 Å². The summed E-state index contributed by atoms with van der Waals surface area (Å²) in [5.74, 6) is 2.23. The average Bonchev–Trinajstić information content (AvgIpc) is 3.64. The predicted octanol–water partition coefficient (Wildman–Crippen LogP) is 1.93. The van der Waals surface area contributed by atoms with E-state index in [2.05, 4.69) is 32.0 Å². The molecule has 0 bridgehead atoms. The first-order valence-corrected chi connectivity index (χ1v) is 11.7. The average molecular weight is 450 g/mol. The number of carbonyl (C=O) groups is 1. The molecular formula is C22H27N9O2. The van der Waals surface area contributed by atoms with E-state index >= 15 is 0 Å². The second-order valence-corrected chi connectivity index (χ2v) is 8.78. The van der Waals surface area contributed by atoms with Gasteiger partial charge in [0.25, 0.3) is 5.91 Å². The third-order valence-electron chi connectivity index (χ3n) is 6.89. The molecule has 0 aromatic carbocycles. The molecule has 11 nitrogen and oxygen atoms in total. The molecule has 33 heavy (non-hydrogen) atoms. The van der Waals surface area contributed by atoms with E-state index in [1.807, 2.05) is 10.8 Å². The molecule has 1 saturated heterocycles. The van der Waals surface area contributed by atoms with Gasteiger partial charge < -0.3 is 14.5 Å². The van der Waals surface area contributed by atoms with Gasteiger partial charge in [0.1, 0.15) is 24.0 Å². The molecule has 5 heterocycles. The Hall–Kier alpha value is -3.34. The van der Waals surface area contributed by atoms with Gasteiger partial charge in [-0.1, -0.05) is 19.8 Å². The lowest BCUT2D eigenvalue weighted by Gasteiger charge is -2.40. The van der Waals surface area contributed by atoms with Crippen LogP contribution in [0.2, 0.25) is 0 Å². The van der Waals surface area contributed by atoms with Gasteiger partial charge in [0.05, 0.1) is 25.5 Å². The molecule has 2 aliphatic heterocycles. The third kappa shape index (κ3) is 3.38. The molecule has 3 aromatic heterocycles. The van der Waals surface area contributed by atoms with Crippen molar-refractivity contribution in [2.75, 3.05) is 31.2 Å². The summed E-state index contributed by atoms with van der Waals surface area (Å²) in [6.07, 6.45) is 12.5. The van der Waals surface area contributed by atoms with Crippen LogP contribution >= 0.6 is 0 Å². The Kier molecular flexibility index (Phi) is 5.05. The van der Waals surface area contributed by atoms with E-state index in [0.717, 1.165) is 36.6 Å². The van der Waals surface area contributed by atoms with Gasteiger partial charge in [0.2, 0.25) is 5.95 Å². The molecule has 172 valence electrons. The molecular weight excluding hydrogens is 422 g/mol. The Labute approximate surface area is 191 Å². The number of anilines is 1. The SMILES string of the molecule is CC[C@@H]1c2nncn2-c2cnc(-n3cnc(C(=O)N4CCOCC4)c3)nc2N1C1CCCC1. The van der Waals surface area contributed by atoms with Crippen LogP contribution in [-0.4, -0.2) is 77.4 Å². The lowest BCUT2D eigenvalue weighted by molar-refractivity contribution is 0.0299. The van der Waals surface area contributed by atoms with Crippen molar-refractivity contribution in [1.82, 2.24) is 39.2 Å². The van der Waals surface area contributed by atoms with Crippen molar-refractivity contribution in [1.29, 1.82) is 0 Å². The Bertz CT molecular complexity index is 1160. The highest BCUT2D eigenvalue weighted by atomic mass is 16.5. The molecule has 1 aliphatic carbocycles. The van der Waals surface area contributed by atoms with E-state index in [4.69, 9.17) is 9.72 Å². The maximum Gasteiger partial charge on any atom is 0.274 e. The summed E-state index contributed by atoms with van der Waals surface area (Å²) in [6, 6.07) is 0.537. The van der Waals surface area contributed by atoms with Crippen molar-refractivity contribution in [3.63, 3.8) is 0 Å². The molecule has 6 rings (SSSR count). The van der Waals surface area contributed by atoms with Crippen LogP contribution in [0.5, 0.6) is 0 Å². The highest BCUT2D eigenvalue weighted by molar-refractivity contribution is 5.92. The fourth-order valence-electron chi connectivity index (χ4n) is 5.23. The number of hydrogen-bond donors (Lipinski definition) is 0. The maximum absolute atomic E-state index is 12.8. The van der Waals surface area contributed by atoms with Gasteiger partial charge in [-0.25, -0.2) is 9.97 Å². The summed E-state index contributed by atoms with van der Waals surface area (Å²) in [7, 11) is 0. The number of carbonyl (C=O) groups excluding carboxylic acids is 1. The smallest absolute Gasteiger partial charge is 0.274 e. The number of rotatable bonds is 4. The lowest BCUT2D eigenvalue weighted by Crippen LogP contribution is -2.42. The first-order chi connectivity index (χ1) is 16.2. The molecule has 1 amide bonds. The topological polar surface area (TPSA) is 107 Å². The maximum atomic E-state index is 12.8. The van der Waals surface area contributed by atoms with Gasteiger partial charge in [-0.2, -0.15) is 4.98 Å². The molecule has 3 aliphatic rings. The van der Waals surface area contributed by atoms with Gasteiger partial charge in [0, 0.05) is 25.3 Å². The Balaban J connectivity index is 1.38. The molecule has 3 aromatic rings. The molecule has 0 spiro atoms. The summed E-state index contributed by atoms with van der Waals surface area (Å²) in [5, 5.41) is 8.60. The van der Waals surface area contributed by atoms with Crippen LogP contribution in [-0.2, 0) is 4.74 Å². The first kappa shape index (κ1) is 20.3. The standard InChI is InChI=1S/C22H27N9O2/c1-2-17-20-27-25-14-30(20)18-11-23-22(26-19(18)31(17)15-5-3-4-6-15)29-12-16(24-13-29)21(32)28-7-9-33-10-8-28/h11-15,17H,2-10H2,1H3/t17-/m1/s1. The summed E-state index contributed by atoms with van der Waals surface area (Å²) in [5.41, 5.74) is 1.28. The second kappa shape index (κ2) is 8.22. The van der Waals surface area contributed by atoms with Crippen LogP contribution in [0, 0.1) is 0 Å². The van der Waals surface area contributed by atoms with E-state index in [0.29, 0.717) is 44.0 Å². The highest BCUT2D eigenvalue weighted by Gasteiger charge is 2.38.